The molecule has 1 unspecified atom stereocenters. The zero-order valence-corrected chi connectivity index (χ0v) is 34.9. The zero-order chi connectivity index (χ0) is 40.2. The fourth-order valence-electron chi connectivity index (χ4n) is 8.74. The molecule has 0 amide bonds. The van der Waals surface area contributed by atoms with E-state index in [9.17, 15) is 0 Å². The SMILES string of the molecule is CNc1cc2c(cc1C)N=C1C=CC(NCCCCCCCCNc3ccc4nc5cc(C)c(NC)cc5[n+](-c5ccccc5)c4c3C)=C(C)C1N2c1ccccc1. The number of benzene rings is 5. The predicted octanol–water partition coefficient (Wildman–Crippen LogP) is 11.2. The molecule has 5 aromatic carbocycles. The van der Waals surface area contributed by atoms with E-state index in [1.54, 1.807) is 0 Å². The third-order valence-corrected chi connectivity index (χ3v) is 11.9. The smallest absolute Gasteiger partial charge is 0.242 e. The number of hydrogen-bond donors (Lipinski definition) is 4. The maximum absolute atomic E-state index is 5.17. The standard InChI is InChI=1S/C50H56N8/c1-33-29-45-47(31-43(33)51-5)57(37-19-13-11-14-20-37)49-35(3)39(23-25-41(49)55-45)53-27-17-9-7-8-10-18-28-54-40-24-26-42-50(36(40)4)58(38-21-15-12-16-22-38)48-32-44(52-6)34(2)30-46(48)56-42/h11-16,19-26,29-32,49,51,53H,7-10,17-18,27-28H2,1-6H3,(H,52,54)/p+1. The highest BCUT2D eigenvalue weighted by Gasteiger charge is 2.35. The number of nitrogens with zero attached hydrogens (tertiary/aromatic N) is 4. The quantitative estimate of drug-likeness (QED) is 0.0473. The summed E-state index contributed by atoms with van der Waals surface area (Å²) in [6, 6.07) is 34.6. The molecule has 1 aromatic heterocycles. The van der Waals surface area contributed by atoms with Crippen molar-refractivity contribution in [1.29, 1.82) is 0 Å². The van der Waals surface area contributed by atoms with E-state index in [-0.39, 0.29) is 6.04 Å². The molecule has 2 aliphatic rings. The molecule has 1 aliphatic carbocycles. The second kappa shape index (κ2) is 17.1. The predicted molar refractivity (Wildman–Crippen MR) is 246 cm³/mol. The van der Waals surface area contributed by atoms with Crippen LogP contribution >= 0.6 is 0 Å². The van der Waals surface area contributed by atoms with Crippen LogP contribution in [0.4, 0.5) is 34.1 Å². The number of allylic oxidation sites excluding steroid dienone is 1. The van der Waals surface area contributed by atoms with Crippen molar-refractivity contribution in [2.75, 3.05) is 48.0 Å². The maximum Gasteiger partial charge on any atom is 0.242 e. The topological polar surface area (TPSA) is 80.5 Å². The van der Waals surface area contributed by atoms with E-state index >= 15 is 0 Å². The molecule has 296 valence electrons. The van der Waals surface area contributed by atoms with Crippen LogP contribution in [0, 0.1) is 20.8 Å². The lowest BCUT2D eigenvalue weighted by Crippen LogP contribution is -2.43. The molecule has 1 atom stereocenters. The first-order valence-electron chi connectivity index (χ1n) is 21.0. The van der Waals surface area contributed by atoms with Crippen LogP contribution in [0.1, 0.15) is 62.1 Å². The minimum Gasteiger partial charge on any atom is -0.388 e. The van der Waals surface area contributed by atoms with Crippen LogP contribution in [0.2, 0.25) is 0 Å². The van der Waals surface area contributed by atoms with Gasteiger partial charge in [-0.15, -0.1) is 4.57 Å². The van der Waals surface area contributed by atoms with Gasteiger partial charge in [0.2, 0.25) is 16.7 Å². The Morgan fingerprint density at radius 1 is 0.638 bits per heavy atom. The molecular weight excluding hydrogens is 713 g/mol. The molecule has 8 nitrogen and oxygen atoms in total. The number of nitrogens with one attached hydrogen (secondary N) is 4. The normalized spacial score (nSPS) is 14.7. The molecule has 0 saturated carbocycles. The third kappa shape index (κ3) is 7.63. The average Bonchev–Trinajstić information content (AvgIpc) is 3.24. The van der Waals surface area contributed by atoms with Gasteiger partial charge in [0.1, 0.15) is 11.0 Å². The molecule has 0 spiro atoms. The Bertz CT molecular complexity index is 2540. The van der Waals surface area contributed by atoms with E-state index in [4.69, 9.17) is 9.98 Å². The molecule has 6 aromatic rings. The molecule has 1 aliphatic heterocycles. The summed E-state index contributed by atoms with van der Waals surface area (Å²) in [5.74, 6) is 0. The highest BCUT2D eigenvalue weighted by atomic mass is 15.2. The van der Waals surface area contributed by atoms with Gasteiger partial charge in [-0.05, 0) is 112 Å². The fourth-order valence-corrected chi connectivity index (χ4v) is 8.74. The van der Waals surface area contributed by atoms with Gasteiger partial charge in [-0.25, -0.2) is 9.98 Å². The van der Waals surface area contributed by atoms with Crippen molar-refractivity contribution in [3.8, 4) is 5.69 Å². The summed E-state index contributed by atoms with van der Waals surface area (Å²) < 4.78 is 2.37. The van der Waals surface area contributed by atoms with Crippen molar-refractivity contribution in [3.63, 3.8) is 0 Å². The maximum atomic E-state index is 5.17. The summed E-state index contributed by atoms with van der Waals surface area (Å²) in [7, 11) is 3.97. The number of aryl methyl sites for hydroxylation is 3. The van der Waals surface area contributed by atoms with Crippen LogP contribution in [0.15, 0.2) is 125 Å². The summed E-state index contributed by atoms with van der Waals surface area (Å²) in [6.07, 6.45) is 11.7. The second-order valence-electron chi connectivity index (χ2n) is 15.7. The summed E-state index contributed by atoms with van der Waals surface area (Å²) in [6.45, 7) is 10.7. The lowest BCUT2D eigenvalue weighted by molar-refractivity contribution is -0.538. The van der Waals surface area contributed by atoms with Gasteiger partial charge in [0, 0.05) is 79.4 Å². The van der Waals surface area contributed by atoms with Crippen LogP contribution in [0.3, 0.4) is 0 Å². The number of hydrogen-bond acceptors (Lipinski definition) is 7. The Balaban J connectivity index is 0.852. The van der Waals surface area contributed by atoms with E-state index in [0.717, 1.165) is 82.1 Å². The van der Waals surface area contributed by atoms with E-state index in [1.807, 2.05) is 14.1 Å². The summed E-state index contributed by atoms with van der Waals surface area (Å²) in [5, 5.41) is 14.3. The fraction of sp³-hybridized carbons (Fsp3) is 0.300. The molecular formula is C50H57N8+. The van der Waals surface area contributed by atoms with Crippen molar-refractivity contribution in [2.45, 2.75) is 72.3 Å². The molecule has 0 bridgehead atoms. The van der Waals surface area contributed by atoms with E-state index in [2.05, 4.69) is 168 Å². The first kappa shape index (κ1) is 38.7. The van der Waals surface area contributed by atoms with Crippen molar-refractivity contribution in [3.05, 3.63) is 137 Å². The number of para-hydroxylation sites is 2. The average molecular weight is 770 g/mol. The Labute approximate surface area is 343 Å². The first-order valence-corrected chi connectivity index (χ1v) is 21.0. The van der Waals surface area contributed by atoms with Crippen LogP contribution in [-0.2, 0) is 0 Å². The Morgan fingerprint density at radius 2 is 1.29 bits per heavy atom. The van der Waals surface area contributed by atoms with E-state index in [0.29, 0.717) is 0 Å². The van der Waals surface area contributed by atoms with Gasteiger partial charge in [0.25, 0.3) is 0 Å². The minimum atomic E-state index is 0.0407. The van der Waals surface area contributed by atoms with Crippen molar-refractivity contribution in [1.82, 2.24) is 10.3 Å². The highest BCUT2D eigenvalue weighted by molar-refractivity contribution is 6.11. The molecule has 0 saturated heterocycles. The monoisotopic (exact) mass is 769 g/mol. The molecule has 8 heteroatoms. The minimum absolute atomic E-state index is 0.0407. The number of fused-ring (bicyclic) bond motifs is 4. The lowest BCUT2D eigenvalue weighted by Gasteiger charge is -2.40. The number of anilines is 5. The molecule has 8 rings (SSSR count). The third-order valence-electron chi connectivity index (χ3n) is 11.9. The van der Waals surface area contributed by atoms with Gasteiger partial charge in [0.15, 0.2) is 0 Å². The van der Waals surface area contributed by atoms with Gasteiger partial charge in [-0.1, -0.05) is 62.1 Å². The first-order chi connectivity index (χ1) is 28.4. The van der Waals surface area contributed by atoms with Gasteiger partial charge >= 0.3 is 0 Å². The van der Waals surface area contributed by atoms with E-state index in [1.165, 1.54) is 65.0 Å². The van der Waals surface area contributed by atoms with Crippen LogP contribution in [-0.4, -0.2) is 43.9 Å². The second-order valence-corrected chi connectivity index (χ2v) is 15.7. The Morgan fingerprint density at radius 3 is 2.02 bits per heavy atom. The summed E-state index contributed by atoms with van der Waals surface area (Å²) in [5.41, 5.74) is 19.3. The molecule has 0 fully saturated rings. The molecule has 0 radical (unpaired) electrons. The Hall–Kier alpha value is -6.15. The number of unbranched alkanes of at least 4 members (excludes halogenated alkanes) is 5. The van der Waals surface area contributed by atoms with Gasteiger partial charge in [-0.2, -0.15) is 0 Å². The summed E-state index contributed by atoms with van der Waals surface area (Å²) in [4.78, 5) is 12.8. The molecule has 4 N–H and O–H groups in total. The van der Waals surface area contributed by atoms with E-state index < -0.39 is 0 Å². The molecule has 2 heterocycles. The lowest BCUT2D eigenvalue weighted by atomic mass is 9.90. The van der Waals surface area contributed by atoms with Gasteiger partial charge < -0.3 is 26.2 Å². The molecule has 58 heavy (non-hydrogen) atoms. The summed E-state index contributed by atoms with van der Waals surface area (Å²) >= 11 is 0. The largest absolute Gasteiger partial charge is 0.388 e. The zero-order valence-electron chi connectivity index (χ0n) is 34.9. The van der Waals surface area contributed by atoms with Crippen LogP contribution in [0.25, 0.3) is 27.8 Å². The number of aromatic nitrogens is 2. The van der Waals surface area contributed by atoms with Crippen LogP contribution < -0.4 is 30.7 Å². The van der Waals surface area contributed by atoms with Gasteiger partial charge in [0.05, 0.1) is 23.1 Å². The van der Waals surface area contributed by atoms with Crippen molar-refractivity contribution < 1.29 is 4.57 Å². The van der Waals surface area contributed by atoms with Crippen molar-refractivity contribution >= 4 is 61.9 Å². The number of rotatable bonds is 15. The van der Waals surface area contributed by atoms with Crippen molar-refractivity contribution in [2.24, 2.45) is 4.99 Å². The number of aliphatic imine (C=N–C) groups is 1. The van der Waals surface area contributed by atoms with Crippen LogP contribution in [0.5, 0.6) is 0 Å². The Kier molecular flexibility index (Phi) is 11.4. The van der Waals surface area contributed by atoms with Gasteiger partial charge in [-0.3, -0.25) is 0 Å². The highest BCUT2D eigenvalue weighted by Crippen LogP contribution is 2.45.